The number of aromatic nitrogens is 6. The van der Waals surface area contributed by atoms with Crippen LogP contribution in [0.25, 0.3) is 16.5 Å². The van der Waals surface area contributed by atoms with E-state index >= 15 is 0 Å². The van der Waals surface area contributed by atoms with Crippen LogP contribution >= 0.6 is 11.8 Å². The Morgan fingerprint density at radius 2 is 1.54 bits per heavy atom. The standard InChI is InChI=1S/C43H60N14O4S.Zn/c1-2-56-41(59)33-10-5-9-32-36(14-13-34(39(32)33)42(56)60)57-28-31(50-52-57)26-54-21-7-16-44-18-23-53(20-6-15-45-19-24-54)25-30-27-55(51-49-30)22-8-17-46-38(58)12-4-3-11-37-40-35(29-62-37)47-43(61)48-40;/h5,9-10,13-14,27-28,35,37,40,44-45H,2-4,6-8,11-12,15-26,29H2,1H3,(H,46,58)(H2,47,48,61);/t35-,37-,40-;/m0./s1. The summed E-state index contributed by atoms with van der Waals surface area (Å²) >= 11 is 1.92. The number of imide groups is 1. The molecule has 6 heterocycles. The zero-order valence-electron chi connectivity index (χ0n) is 36.4. The molecule has 5 amide bonds. The molecule has 334 valence electrons. The number of unbranched alkanes of at least 4 members (excludes halogenated alkanes) is 1. The quantitative estimate of drug-likeness (QED) is 0.0504. The van der Waals surface area contributed by atoms with Crippen LogP contribution in [0.1, 0.15) is 84.0 Å². The van der Waals surface area contributed by atoms with Crippen molar-refractivity contribution in [2.45, 2.75) is 88.8 Å². The summed E-state index contributed by atoms with van der Waals surface area (Å²) in [6, 6.07) is 9.67. The first-order valence-corrected chi connectivity index (χ1v) is 23.4. The van der Waals surface area contributed by atoms with E-state index in [1.54, 1.807) is 16.8 Å². The molecule has 63 heavy (non-hydrogen) atoms. The first kappa shape index (κ1) is 46.7. The van der Waals surface area contributed by atoms with Crippen LogP contribution in [-0.2, 0) is 43.9 Å². The second kappa shape index (κ2) is 22.5. The third kappa shape index (κ3) is 11.7. The molecule has 0 saturated carbocycles. The molecule has 3 atom stereocenters. The van der Waals surface area contributed by atoms with Gasteiger partial charge in [-0.15, -0.1) is 10.2 Å². The fourth-order valence-corrected chi connectivity index (χ4v) is 10.6. The van der Waals surface area contributed by atoms with Crippen molar-refractivity contribution in [2.75, 3.05) is 71.2 Å². The molecule has 0 aliphatic carbocycles. The van der Waals surface area contributed by atoms with Gasteiger partial charge in [0.05, 0.1) is 35.4 Å². The van der Waals surface area contributed by atoms with Gasteiger partial charge in [-0.2, -0.15) is 11.8 Å². The van der Waals surface area contributed by atoms with Crippen LogP contribution in [0.4, 0.5) is 4.79 Å². The second-order valence-corrected chi connectivity index (χ2v) is 17.9. The van der Waals surface area contributed by atoms with Gasteiger partial charge in [0, 0.05) is 124 Å². The SMILES string of the molecule is CCN1C(=O)c2cccc3c(-n4cc(CN5CCCNCCN(Cc6cn(CCCNC(=O)CCCC[C@@H]7SC[C@@H]8NC(=O)N[C@@H]87)nn6)CCCNCC5)nn4)ccc(c23)C1=O.[Zn]. The Morgan fingerprint density at radius 3 is 2.29 bits per heavy atom. The summed E-state index contributed by atoms with van der Waals surface area (Å²) in [5, 5.41) is 36.1. The van der Waals surface area contributed by atoms with Crippen molar-refractivity contribution < 1.29 is 38.7 Å². The van der Waals surface area contributed by atoms with Crippen LogP contribution in [-0.4, -0.2) is 157 Å². The van der Waals surface area contributed by atoms with Crippen molar-refractivity contribution in [1.29, 1.82) is 0 Å². The first-order valence-electron chi connectivity index (χ1n) is 22.4. The van der Waals surface area contributed by atoms with E-state index < -0.39 is 0 Å². The summed E-state index contributed by atoms with van der Waals surface area (Å²) in [6.07, 6.45) is 10.2. The van der Waals surface area contributed by atoms with Crippen LogP contribution in [0.15, 0.2) is 42.7 Å². The number of hydrogen-bond acceptors (Lipinski definition) is 13. The summed E-state index contributed by atoms with van der Waals surface area (Å²) in [7, 11) is 0. The predicted octanol–water partition coefficient (Wildman–Crippen LogP) is 2.13. The van der Waals surface area contributed by atoms with Gasteiger partial charge in [-0.05, 0) is 83.4 Å². The van der Waals surface area contributed by atoms with Crippen molar-refractivity contribution in [2.24, 2.45) is 0 Å². The minimum atomic E-state index is -0.265. The zero-order valence-corrected chi connectivity index (χ0v) is 40.2. The van der Waals surface area contributed by atoms with E-state index in [0.29, 0.717) is 54.4 Å². The predicted molar refractivity (Wildman–Crippen MR) is 237 cm³/mol. The fraction of sp³-hybridized carbons (Fsp3) is 0.581. The number of carbonyl (C=O) groups is 4. The molecule has 0 spiro atoms. The molecule has 3 saturated heterocycles. The molecule has 20 heteroatoms. The Labute approximate surface area is 385 Å². The molecule has 3 fully saturated rings. The van der Waals surface area contributed by atoms with Crippen LogP contribution in [0, 0.1) is 0 Å². The van der Waals surface area contributed by atoms with E-state index in [1.165, 1.54) is 4.90 Å². The number of thioether (sulfide) groups is 1. The van der Waals surface area contributed by atoms with Crippen molar-refractivity contribution >= 4 is 46.3 Å². The summed E-state index contributed by atoms with van der Waals surface area (Å²) in [4.78, 5) is 56.4. The molecule has 4 aliphatic heterocycles. The van der Waals surface area contributed by atoms with E-state index in [9.17, 15) is 19.2 Å². The third-order valence-electron chi connectivity index (χ3n) is 12.3. The van der Waals surface area contributed by atoms with Crippen molar-refractivity contribution in [3.05, 3.63) is 65.2 Å². The van der Waals surface area contributed by atoms with Gasteiger partial charge in [0.1, 0.15) is 0 Å². The average Bonchev–Trinajstić information content (AvgIpc) is 4.08. The molecule has 4 aliphatic rings. The Balaban J connectivity index is 0.00000595. The topological polar surface area (TPSA) is 200 Å². The van der Waals surface area contributed by atoms with Gasteiger partial charge in [0.15, 0.2) is 0 Å². The number of hydrogen-bond donors (Lipinski definition) is 5. The number of aryl methyl sites for hydroxylation is 1. The Hall–Kier alpha value is -4.33. The normalized spacial score (nSPS) is 21.4. The van der Waals surface area contributed by atoms with Gasteiger partial charge in [-0.3, -0.25) is 33.8 Å². The Kier molecular flexibility index (Phi) is 16.7. The molecule has 4 aromatic rings. The van der Waals surface area contributed by atoms with Gasteiger partial charge in [0.2, 0.25) is 5.91 Å². The number of benzene rings is 2. The Morgan fingerprint density at radius 1 is 0.825 bits per heavy atom. The first-order chi connectivity index (χ1) is 30.3. The van der Waals surface area contributed by atoms with Crippen LogP contribution in [0.3, 0.4) is 0 Å². The number of urea groups is 1. The second-order valence-electron chi connectivity index (χ2n) is 16.7. The largest absolute Gasteiger partial charge is 0.356 e. The molecule has 18 nitrogen and oxygen atoms in total. The van der Waals surface area contributed by atoms with E-state index in [4.69, 9.17) is 0 Å². The molecular weight excluding hydrogens is 874 g/mol. The summed E-state index contributed by atoms with van der Waals surface area (Å²) in [5.41, 5.74) is 3.67. The van der Waals surface area contributed by atoms with E-state index in [1.807, 2.05) is 54.0 Å². The van der Waals surface area contributed by atoms with Gasteiger partial charge in [-0.1, -0.05) is 29.0 Å². The Bertz CT molecular complexity index is 2160. The number of amides is 5. The molecule has 0 unspecified atom stereocenters. The maximum atomic E-state index is 13.1. The van der Waals surface area contributed by atoms with Crippen molar-refractivity contribution in [3.63, 3.8) is 0 Å². The number of fused-ring (bicyclic) bond motifs is 1. The molecule has 0 bridgehead atoms. The van der Waals surface area contributed by atoms with Crippen LogP contribution < -0.4 is 26.6 Å². The third-order valence-corrected chi connectivity index (χ3v) is 13.8. The van der Waals surface area contributed by atoms with Crippen LogP contribution in [0.5, 0.6) is 0 Å². The van der Waals surface area contributed by atoms with E-state index in [0.717, 1.165) is 126 Å². The molecule has 8 rings (SSSR count). The molecule has 2 aromatic carbocycles. The maximum absolute atomic E-state index is 13.1. The van der Waals surface area contributed by atoms with Crippen molar-refractivity contribution in [3.8, 4) is 5.69 Å². The van der Waals surface area contributed by atoms with Crippen molar-refractivity contribution in [1.82, 2.24) is 71.3 Å². The summed E-state index contributed by atoms with van der Waals surface area (Å²) in [5.74, 6) is 0.522. The minimum Gasteiger partial charge on any atom is -0.356 e. The monoisotopic (exact) mass is 932 g/mol. The molecule has 5 N–H and O–H groups in total. The number of rotatable bonds is 15. The smallest absolute Gasteiger partial charge is 0.315 e. The van der Waals surface area contributed by atoms with Crippen LogP contribution in [0.2, 0.25) is 0 Å². The van der Waals surface area contributed by atoms with Gasteiger partial charge < -0.3 is 26.6 Å². The van der Waals surface area contributed by atoms with E-state index in [-0.39, 0.29) is 55.3 Å². The number of nitrogens with one attached hydrogen (secondary N) is 5. The number of carbonyl (C=O) groups excluding carboxylic acids is 4. The van der Waals surface area contributed by atoms with E-state index in [2.05, 4.69) is 57.0 Å². The average molecular weight is 935 g/mol. The van der Waals surface area contributed by atoms with Gasteiger partial charge in [-0.25, -0.2) is 9.48 Å². The van der Waals surface area contributed by atoms with Gasteiger partial charge >= 0.3 is 6.03 Å². The molecular formula is C43H60N14O4SZn. The zero-order chi connectivity index (χ0) is 42.8. The summed E-state index contributed by atoms with van der Waals surface area (Å²) < 4.78 is 3.63. The minimum absolute atomic E-state index is 0. The summed E-state index contributed by atoms with van der Waals surface area (Å²) in [6.45, 7) is 12.1. The molecule has 2 aromatic heterocycles. The van der Waals surface area contributed by atoms with Gasteiger partial charge in [0.25, 0.3) is 11.8 Å². The molecule has 0 radical (unpaired) electrons. The maximum Gasteiger partial charge on any atom is 0.315 e. The number of nitrogens with zero attached hydrogens (tertiary/aromatic N) is 9. The fourth-order valence-electron chi connectivity index (χ4n) is 9.04.